The zero-order valence-corrected chi connectivity index (χ0v) is 18.9. The number of benzene rings is 2. The predicted octanol–water partition coefficient (Wildman–Crippen LogP) is 5.38. The summed E-state index contributed by atoms with van der Waals surface area (Å²) >= 11 is 0. The number of imidazole rings is 1. The van der Waals surface area contributed by atoms with Crippen LogP contribution in [0.4, 0.5) is 17.2 Å². The SMILES string of the molecule is CC(=O)Nc1ccc(Nc2c(CCC(C)C)c(C)c(C#N)c3[nH]c4ccccc4[n+]23)cc1. The number of nitrogens with zero attached hydrogens (tertiary/aromatic N) is 2. The number of nitriles is 1. The maximum absolute atomic E-state index is 11.3. The molecule has 3 N–H and O–H groups in total. The first-order valence-corrected chi connectivity index (χ1v) is 10.9. The number of amides is 1. The van der Waals surface area contributed by atoms with Gasteiger partial charge in [-0.2, -0.15) is 9.66 Å². The lowest BCUT2D eigenvalue weighted by Crippen LogP contribution is -2.28. The van der Waals surface area contributed by atoms with Crippen LogP contribution in [0.3, 0.4) is 0 Å². The summed E-state index contributed by atoms with van der Waals surface area (Å²) in [6.45, 7) is 7.96. The third-order valence-corrected chi connectivity index (χ3v) is 5.75. The van der Waals surface area contributed by atoms with Gasteiger partial charge in [-0.05, 0) is 67.6 Å². The lowest BCUT2D eigenvalue weighted by atomic mass is 9.96. The number of aromatic amines is 1. The van der Waals surface area contributed by atoms with Crippen molar-refractivity contribution in [3.8, 4) is 6.07 Å². The molecule has 0 saturated heterocycles. The number of hydrogen-bond acceptors (Lipinski definition) is 3. The quantitative estimate of drug-likeness (QED) is 0.362. The maximum atomic E-state index is 11.3. The molecule has 0 spiro atoms. The lowest BCUT2D eigenvalue weighted by molar-refractivity contribution is -0.465. The Bertz CT molecular complexity index is 1340. The minimum Gasteiger partial charge on any atom is -0.326 e. The third-order valence-electron chi connectivity index (χ3n) is 5.75. The third kappa shape index (κ3) is 4.02. The predicted molar refractivity (Wildman–Crippen MR) is 128 cm³/mol. The summed E-state index contributed by atoms with van der Waals surface area (Å²) in [5, 5.41) is 16.4. The van der Waals surface area contributed by atoms with Crippen molar-refractivity contribution >= 4 is 39.8 Å². The summed E-state index contributed by atoms with van der Waals surface area (Å²) in [4.78, 5) is 14.8. The molecule has 0 atom stereocenters. The second kappa shape index (κ2) is 8.72. The first-order chi connectivity index (χ1) is 15.4. The van der Waals surface area contributed by atoms with Crippen LogP contribution in [0.2, 0.25) is 0 Å². The molecule has 0 aliphatic heterocycles. The van der Waals surface area contributed by atoms with Gasteiger partial charge in [-0.3, -0.25) is 15.1 Å². The Hall–Kier alpha value is -3.85. The molecule has 0 aliphatic carbocycles. The van der Waals surface area contributed by atoms with Gasteiger partial charge in [0, 0.05) is 18.2 Å². The van der Waals surface area contributed by atoms with Crippen LogP contribution >= 0.6 is 0 Å². The summed E-state index contributed by atoms with van der Waals surface area (Å²) < 4.78 is 2.12. The van der Waals surface area contributed by atoms with Gasteiger partial charge in [0.05, 0.1) is 5.69 Å². The second-order valence-electron chi connectivity index (χ2n) is 8.58. The summed E-state index contributed by atoms with van der Waals surface area (Å²) in [5.74, 6) is 1.41. The summed E-state index contributed by atoms with van der Waals surface area (Å²) in [5.41, 5.74) is 7.26. The van der Waals surface area contributed by atoms with Crippen molar-refractivity contribution in [2.75, 3.05) is 10.6 Å². The van der Waals surface area contributed by atoms with Gasteiger partial charge in [-0.25, -0.2) is 0 Å². The number of para-hydroxylation sites is 2. The number of hydrogen-bond donors (Lipinski definition) is 3. The van der Waals surface area contributed by atoms with Gasteiger partial charge in [0.2, 0.25) is 17.4 Å². The molecule has 1 amide bonds. The van der Waals surface area contributed by atoms with Crippen LogP contribution in [0, 0.1) is 24.2 Å². The summed E-state index contributed by atoms with van der Waals surface area (Å²) in [6, 6.07) is 18.2. The minimum absolute atomic E-state index is 0.0968. The Morgan fingerprint density at radius 2 is 1.81 bits per heavy atom. The Labute approximate surface area is 187 Å². The van der Waals surface area contributed by atoms with E-state index in [1.807, 2.05) is 49.4 Å². The van der Waals surface area contributed by atoms with Gasteiger partial charge in [0.1, 0.15) is 22.7 Å². The minimum atomic E-state index is -0.0968. The van der Waals surface area contributed by atoms with E-state index in [1.54, 1.807) is 0 Å². The molecule has 0 fully saturated rings. The number of carbonyl (C=O) groups is 1. The standard InChI is InChI=1S/C26H27N5O/c1-16(2)9-14-21-17(3)22(15-27)26-30-23-7-5-6-8-24(23)31(26)25(21)29-20-12-10-19(11-13-20)28-18(4)32/h5-8,10-13,16H,9,14H2,1-4H3,(H2,28,29,30,32)/p+1. The molecule has 0 aliphatic rings. The maximum Gasteiger partial charge on any atom is 0.250 e. The van der Waals surface area contributed by atoms with Crippen molar-refractivity contribution in [1.29, 1.82) is 5.26 Å². The fourth-order valence-electron chi connectivity index (χ4n) is 4.11. The van der Waals surface area contributed by atoms with Crippen molar-refractivity contribution in [1.82, 2.24) is 4.98 Å². The van der Waals surface area contributed by atoms with Crippen LogP contribution in [-0.4, -0.2) is 10.9 Å². The van der Waals surface area contributed by atoms with E-state index in [2.05, 4.69) is 46.0 Å². The Morgan fingerprint density at radius 3 is 2.47 bits per heavy atom. The van der Waals surface area contributed by atoms with Crippen molar-refractivity contribution in [3.63, 3.8) is 0 Å². The molecule has 2 heterocycles. The van der Waals surface area contributed by atoms with Gasteiger partial charge in [-0.15, -0.1) is 0 Å². The number of carbonyl (C=O) groups excluding carboxylic acids is 1. The van der Waals surface area contributed by atoms with Crippen LogP contribution in [-0.2, 0) is 11.2 Å². The smallest absolute Gasteiger partial charge is 0.250 e. The Kier molecular flexibility index (Phi) is 5.83. The molecule has 0 saturated carbocycles. The van der Waals surface area contributed by atoms with E-state index in [9.17, 15) is 10.1 Å². The van der Waals surface area contributed by atoms with E-state index in [4.69, 9.17) is 0 Å². The molecule has 4 aromatic rings. The molecule has 6 heteroatoms. The van der Waals surface area contributed by atoms with Gasteiger partial charge < -0.3 is 5.32 Å². The van der Waals surface area contributed by atoms with Crippen LogP contribution in [0.5, 0.6) is 0 Å². The molecule has 162 valence electrons. The largest absolute Gasteiger partial charge is 0.326 e. The highest BCUT2D eigenvalue weighted by Gasteiger charge is 2.26. The van der Waals surface area contributed by atoms with Crippen LogP contribution in [0.1, 0.15) is 43.9 Å². The number of rotatable bonds is 6. The Morgan fingerprint density at radius 1 is 1.12 bits per heavy atom. The second-order valence-corrected chi connectivity index (χ2v) is 8.58. The first kappa shape index (κ1) is 21.4. The van der Waals surface area contributed by atoms with Crippen molar-refractivity contribution in [2.24, 2.45) is 5.92 Å². The molecule has 0 radical (unpaired) electrons. The number of fused-ring (bicyclic) bond motifs is 3. The molecule has 32 heavy (non-hydrogen) atoms. The molecular formula is C26H28N5O+. The van der Waals surface area contributed by atoms with Crippen molar-refractivity contribution in [2.45, 2.75) is 40.5 Å². The molecule has 2 aromatic carbocycles. The van der Waals surface area contributed by atoms with E-state index in [-0.39, 0.29) is 5.91 Å². The van der Waals surface area contributed by atoms with Crippen molar-refractivity contribution < 1.29 is 9.20 Å². The summed E-state index contributed by atoms with van der Waals surface area (Å²) in [7, 11) is 0. The van der Waals surface area contributed by atoms with E-state index in [0.717, 1.165) is 57.8 Å². The fourth-order valence-corrected chi connectivity index (χ4v) is 4.11. The first-order valence-electron chi connectivity index (χ1n) is 10.9. The topological polar surface area (TPSA) is 84.8 Å². The molecule has 0 bridgehead atoms. The number of aromatic nitrogens is 2. The van der Waals surface area contributed by atoms with Crippen LogP contribution < -0.4 is 15.0 Å². The van der Waals surface area contributed by atoms with Crippen molar-refractivity contribution in [3.05, 3.63) is 65.2 Å². The fraction of sp³-hybridized carbons (Fsp3) is 0.269. The van der Waals surface area contributed by atoms with Gasteiger partial charge >= 0.3 is 0 Å². The molecule has 6 nitrogen and oxygen atoms in total. The highest BCUT2D eigenvalue weighted by Crippen LogP contribution is 2.29. The normalized spacial score (nSPS) is 11.1. The average Bonchev–Trinajstić information content (AvgIpc) is 3.13. The van der Waals surface area contributed by atoms with E-state index in [1.165, 1.54) is 6.92 Å². The monoisotopic (exact) mass is 426 g/mol. The van der Waals surface area contributed by atoms with Gasteiger partial charge in [0.25, 0.3) is 0 Å². The number of pyridine rings is 1. The molecule has 0 unspecified atom stereocenters. The number of anilines is 3. The van der Waals surface area contributed by atoms with E-state index < -0.39 is 0 Å². The molecule has 2 aromatic heterocycles. The zero-order chi connectivity index (χ0) is 22.8. The number of nitrogens with one attached hydrogen (secondary N) is 3. The average molecular weight is 427 g/mol. The van der Waals surface area contributed by atoms with Gasteiger partial charge in [0.15, 0.2) is 0 Å². The highest BCUT2D eigenvalue weighted by atomic mass is 16.1. The van der Waals surface area contributed by atoms with Gasteiger partial charge in [-0.1, -0.05) is 26.0 Å². The van der Waals surface area contributed by atoms with Crippen LogP contribution in [0.25, 0.3) is 16.7 Å². The number of H-pyrrole nitrogens is 1. The van der Waals surface area contributed by atoms with E-state index >= 15 is 0 Å². The van der Waals surface area contributed by atoms with Crippen LogP contribution in [0.15, 0.2) is 48.5 Å². The van der Waals surface area contributed by atoms with E-state index in [0.29, 0.717) is 11.5 Å². The zero-order valence-electron chi connectivity index (χ0n) is 18.9. The molecular weight excluding hydrogens is 398 g/mol. The Balaban J connectivity index is 1.92. The lowest BCUT2D eigenvalue weighted by Gasteiger charge is -2.15. The highest BCUT2D eigenvalue weighted by molar-refractivity contribution is 5.89. The molecule has 4 rings (SSSR count). The summed E-state index contributed by atoms with van der Waals surface area (Å²) in [6.07, 6.45) is 1.89.